The quantitative estimate of drug-likeness (QED) is 0.803. The Morgan fingerprint density at radius 2 is 2.05 bits per heavy atom. The van der Waals surface area contributed by atoms with Crippen LogP contribution >= 0.6 is 23.1 Å². The molecule has 1 saturated carbocycles. The van der Waals surface area contributed by atoms with Gasteiger partial charge in [-0.1, -0.05) is 24.6 Å². The van der Waals surface area contributed by atoms with E-state index in [0.717, 1.165) is 17.4 Å². The lowest BCUT2D eigenvalue weighted by atomic mass is 9.89. The fraction of sp³-hybridized carbons (Fsp3) is 0.438. The monoisotopic (exact) mass is 302 g/mol. The second-order valence-corrected chi connectivity index (χ2v) is 7.83. The number of nitrogens with zero attached hydrogens (tertiary/aromatic N) is 1. The molecule has 1 aliphatic heterocycles. The molecular weight excluding hydrogens is 284 g/mol. The van der Waals surface area contributed by atoms with Gasteiger partial charge in [0.1, 0.15) is 0 Å². The van der Waals surface area contributed by atoms with Crippen LogP contribution in [-0.4, -0.2) is 17.5 Å². The van der Waals surface area contributed by atoms with E-state index < -0.39 is 0 Å². The number of thiophene rings is 1. The van der Waals surface area contributed by atoms with Crippen molar-refractivity contribution in [2.45, 2.75) is 25.7 Å². The van der Waals surface area contributed by atoms with E-state index >= 15 is 0 Å². The second kappa shape index (κ2) is 5.08. The van der Waals surface area contributed by atoms with Crippen LogP contribution in [0.2, 0.25) is 0 Å². The van der Waals surface area contributed by atoms with Crippen LogP contribution in [0.25, 0.3) is 10.1 Å². The van der Waals surface area contributed by atoms with Crippen molar-refractivity contribution in [3.8, 4) is 0 Å². The lowest BCUT2D eigenvalue weighted by Crippen LogP contribution is -2.30. The molecule has 1 aliphatic carbocycles. The van der Waals surface area contributed by atoms with E-state index in [1.54, 1.807) is 11.3 Å². The Bertz CT molecular complexity index is 653. The highest BCUT2D eigenvalue weighted by Gasteiger charge is 2.36. The van der Waals surface area contributed by atoms with Gasteiger partial charge in [-0.25, -0.2) is 0 Å². The van der Waals surface area contributed by atoms with E-state index in [0.29, 0.717) is 5.41 Å². The summed E-state index contributed by atoms with van der Waals surface area (Å²) >= 11 is 3.69. The number of benzene rings is 1. The molecule has 4 rings (SSSR count). The van der Waals surface area contributed by atoms with Crippen molar-refractivity contribution in [2.24, 2.45) is 10.4 Å². The van der Waals surface area contributed by atoms with Crippen molar-refractivity contribution in [3.63, 3.8) is 0 Å². The van der Waals surface area contributed by atoms with E-state index in [-0.39, 0.29) is 0 Å². The highest BCUT2D eigenvalue weighted by atomic mass is 32.2. The van der Waals surface area contributed by atoms with Gasteiger partial charge in [-0.2, -0.15) is 0 Å². The van der Waals surface area contributed by atoms with E-state index in [1.165, 1.54) is 41.5 Å². The lowest BCUT2D eigenvalue weighted by molar-refractivity contribution is 0.359. The zero-order valence-corrected chi connectivity index (χ0v) is 13.0. The normalized spacial score (nSPS) is 21.3. The molecule has 0 bridgehead atoms. The summed E-state index contributed by atoms with van der Waals surface area (Å²) in [7, 11) is 0. The predicted octanol–water partition coefficient (Wildman–Crippen LogP) is 4.98. The van der Waals surface area contributed by atoms with Crippen molar-refractivity contribution < 1.29 is 0 Å². The summed E-state index contributed by atoms with van der Waals surface area (Å²) in [6, 6.07) is 8.74. The van der Waals surface area contributed by atoms with E-state index in [2.05, 4.69) is 35.0 Å². The van der Waals surface area contributed by atoms with Gasteiger partial charge in [0.15, 0.2) is 5.17 Å². The molecule has 2 aliphatic rings. The van der Waals surface area contributed by atoms with Crippen LogP contribution in [-0.2, 0) is 0 Å². The number of rotatable bonds is 1. The molecule has 1 fully saturated rings. The topological polar surface area (TPSA) is 24.4 Å². The molecule has 0 atom stereocenters. The van der Waals surface area contributed by atoms with Crippen molar-refractivity contribution in [3.05, 3.63) is 29.6 Å². The van der Waals surface area contributed by atoms with Crippen molar-refractivity contribution >= 4 is 44.0 Å². The molecule has 4 heteroatoms. The standard InChI is InChI=1S/C16H18N2S2/c1-2-7-16(6-1)10-17-15(20-11-16)18-13-3-4-14-12(9-13)5-8-19-14/h3-5,8-9H,1-2,6-7,10-11H2,(H,17,18). The fourth-order valence-electron chi connectivity index (χ4n) is 3.22. The van der Waals surface area contributed by atoms with Gasteiger partial charge in [-0.3, -0.25) is 4.99 Å². The minimum Gasteiger partial charge on any atom is -0.335 e. The van der Waals surface area contributed by atoms with E-state index in [4.69, 9.17) is 4.99 Å². The molecule has 2 heterocycles. The zero-order chi connectivity index (χ0) is 13.4. The molecule has 1 spiro atoms. The average molecular weight is 302 g/mol. The third-order valence-corrected chi connectivity index (χ3v) is 6.60. The van der Waals surface area contributed by atoms with Crippen LogP contribution < -0.4 is 5.32 Å². The maximum atomic E-state index is 4.80. The summed E-state index contributed by atoms with van der Waals surface area (Å²) in [6.07, 6.45) is 5.54. The molecule has 0 radical (unpaired) electrons. The van der Waals surface area contributed by atoms with Gasteiger partial charge >= 0.3 is 0 Å². The molecule has 2 aromatic rings. The number of amidine groups is 1. The number of hydrogen-bond acceptors (Lipinski definition) is 4. The van der Waals surface area contributed by atoms with E-state index in [1.807, 2.05) is 11.8 Å². The Kier molecular flexibility index (Phi) is 3.23. The summed E-state index contributed by atoms with van der Waals surface area (Å²) in [5.41, 5.74) is 1.68. The van der Waals surface area contributed by atoms with Crippen LogP contribution in [0, 0.1) is 5.41 Å². The number of thioether (sulfide) groups is 1. The zero-order valence-electron chi connectivity index (χ0n) is 11.4. The molecule has 20 heavy (non-hydrogen) atoms. The Labute approximate surface area is 127 Å². The second-order valence-electron chi connectivity index (χ2n) is 5.92. The molecule has 0 saturated heterocycles. The Morgan fingerprint density at radius 1 is 1.15 bits per heavy atom. The molecule has 1 aromatic carbocycles. The summed E-state index contributed by atoms with van der Waals surface area (Å²) in [5.74, 6) is 1.24. The summed E-state index contributed by atoms with van der Waals surface area (Å²) in [4.78, 5) is 4.80. The lowest BCUT2D eigenvalue weighted by Gasteiger charge is -2.31. The van der Waals surface area contributed by atoms with Gasteiger partial charge in [0.25, 0.3) is 0 Å². The molecule has 2 nitrogen and oxygen atoms in total. The number of fused-ring (bicyclic) bond motifs is 1. The largest absolute Gasteiger partial charge is 0.335 e. The number of hydrogen-bond donors (Lipinski definition) is 1. The highest BCUT2D eigenvalue weighted by molar-refractivity contribution is 8.14. The molecule has 1 N–H and O–H groups in total. The molecule has 0 unspecified atom stereocenters. The maximum absolute atomic E-state index is 4.80. The molecule has 0 amide bonds. The fourth-order valence-corrected chi connectivity index (χ4v) is 5.16. The SMILES string of the molecule is c1cc2cc(NC3=NCC4(CCCC4)CS3)ccc2s1. The van der Waals surface area contributed by atoms with Crippen LogP contribution in [0.3, 0.4) is 0 Å². The van der Waals surface area contributed by atoms with Gasteiger partial charge in [-0.15, -0.1) is 11.3 Å². The van der Waals surface area contributed by atoms with Gasteiger partial charge in [0.2, 0.25) is 0 Å². The van der Waals surface area contributed by atoms with Crippen LogP contribution in [0.5, 0.6) is 0 Å². The summed E-state index contributed by atoms with van der Waals surface area (Å²) in [6.45, 7) is 1.02. The van der Waals surface area contributed by atoms with Crippen LogP contribution in [0.15, 0.2) is 34.6 Å². The number of aliphatic imine (C=N–C) groups is 1. The molecule has 104 valence electrons. The highest BCUT2D eigenvalue weighted by Crippen LogP contribution is 2.43. The summed E-state index contributed by atoms with van der Waals surface area (Å²) in [5, 5.41) is 8.04. The first-order chi connectivity index (χ1) is 9.83. The third kappa shape index (κ3) is 2.35. The van der Waals surface area contributed by atoms with Crippen LogP contribution in [0.4, 0.5) is 5.69 Å². The van der Waals surface area contributed by atoms with Crippen molar-refractivity contribution in [1.29, 1.82) is 0 Å². The first kappa shape index (κ1) is 12.7. The Hall–Kier alpha value is -1.00. The smallest absolute Gasteiger partial charge is 0.161 e. The predicted molar refractivity (Wildman–Crippen MR) is 91.1 cm³/mol. The van der Waals surface area contributed by atoms with Crippen molar-refractivity contribution in [2.75, 3.05) is 17.6 Å². The minimum atomic E-state index is 0.521. The summed E-state index contributed by atoms with van der Waals surface area (Å²) < 4.78 is 1.35. The Morgan fingerprint density at radius 3 is 2.85 bits per heavy atom. The maximum Gasteiger partial charge on any atom is 0.161 e. The van der Waals surface area contributed by atoms with Gasteiger partial charge < -0.3 is 5.32 Å². The first-order valence-corrected chi connectivity index (χ1v) is 9.11. The van der Waals surface area contributed by atoms with Crippen LogP contribution in [0.1, 0.15) is 25.7 Å². The Balaban J connectivity index is 1.50. The van der Waals surface area contributed by atoms with Gasteiger partial charge in [-0.05, 0) is 53.3 Å². The van der Waals surface area contributed by atoms with Gasteiger partial charge in [0.05, 0.1) is 0 Å². The number of anilines is 1. The molecule has 1 aromatic heterocycles. The van der Waals surface area contributed by atoms with Crippen molar-refractivity contribution in [1.82, 2.24) is 0 Å². The third-order valence-electron chi connectivity index (χ3n) is 4.44. The average Bonchev–Trinajstić information content (AvgIpc) is 3.11. The van der Waals surface area contributed by atoms with Gasteiger partial charge in [0, 0.05) is 22.7 Å². The molecular formula is C16H18N2S2. The van der Waals surface area contributed by atoms with E-state index in [9.17, 15) is 0 Å². The minimum absolute atomic E-state index is 0.521. The first-order valence-electron chi connectivity index (χ1n) is 7.25. The number of nitrogens with one attached hydrogen (secondary N) is 1.